The number of nitrogens with one attached hydrogen (secondary N) is 1. The van der Waals surface area contributed by atoms with Crippen LogP contribution in [0.1, 0.15) is 31.7 Å². The summed E-state index contributed by atoms with van der Waals surface area (Å²) in [6, 6.07) is 0.533. The number of ether oxygens (including phenoxy) is 1. The van der Waals surface area contributed by atoms with Gasteiger partial charge in [0.25, 0.3) is 0 Å². The molecule has 1 aliphatic carbocycles. The molecule has 1 N–H and O–H groups in total. The van der Waals surface area contributed by atoms with E-state index in [2.05, 4.69) is 21.5 Å². The van der Waals surface area contributed by atoms with Gasteiger partial charge in [-0.2, -0.15) is 11.8 Å². The van der Waals surface area contributed by atoms with Gasteiger partial charge >= 0.3 is 0 Å². The lowest BCUT2D eigenvalue weighted by molar-refractivity contribution is 0.324. The van der Waals surface area contributed by atoms with E-state index in [0.717, 1.165) is 16.6 Å². The van der Waals surface area contributed by atoms with E-state index in [1.165, 1.54) is 19.3 Å². The number of rotatable bonds is 5. The predicted octanol–water partition coefficient (Wildman–Crippen LogP) is 2.88. The second-order valence-electron chi connectivity index (χ2n) is 4.60. The Hall–Kier alpha value is -0.970. The zero-order valence-electron chi connectivity index (χ0n) is 11.3. The third-order valence-electron chi connectivity index (χ3n) is 3.38. The van der Waals surface area contributed by atoms with Crippen LogP contribution in [-0.2, 0) is 0 Å². The first-order chi connectivity index (χ1) is 8.74. The number of thioether (sulfide) groups is 1. The van der Waals surface area contributed by atoms with Gasteiger partial charge in [-0.3, -0.25) is 0 Å². The highest BCUT2D eigenvalue weighted by molar-refractivity contribution is 7.99. The SMILES string of the molecule is CCOc1ncnc(NC2CCC(SC)C2)c1C. The quantitative estimate of drug-likeness (QED) is 0.889. The average Bonchev–Trinajstić information content (AvgIpc) is 2.82. The van der Waals surface area contributed by atoms with Gasteiger partial charge in [0.2, 0.25) is 5.88 Å². The Morgan fingerprint density at radius 1 is 1.44 bits per heavy atom. The maximum atomic E-state index is 5.49. The van der Waals surface area contributed by atoms with E-state index in [9.17, 15) is 0 Å². The van der Waals surface area contributed by atoms with Gasteiger partial charge in [0.15, 0.2) is 0 Å². The Morgan fingerprint density at radius 2 is 2.28 bits per heavy atom. The van der Waals surface area contributed by atoms with E-state index >= 15 is 0 Å². The Morgan fingerprint density at radius 3 is 2.94 bits per heavy atom. The van der Waals surface area contributed by atoms with E-state index in [-0.39, 0.29) is 0 Å². The van der Waals surface area contributed by atoms with E-state index in [4.69, 9.17) is 4.74 Å². The van der Waals surface area contributed by atoms with Crippen molar-refractivity contribution in [2.24, 2.45) is 0 Å². The van der Waals surface area contributed by atoms with Crippen molar-refractivity contribution in [3.8, 4) is 5.88 Å². The van der Waals surface area contributed by atoms with Crippen LogP contribution in [0.15, 0.2) is 6.33 Å². The number of hydrogen-bond acceptors (Lipinski definition) is 5. The standard InChI is InChI=1S/C13H21N3OS/c1-4-17-13-9(2)12(14-8-15-13)16-10-5-6-11(7-10)18-3/h8,10-11H,4-7H2,1-3H3,(H,14,15,16). The van der Waals surface area contributed by atoms with Crippen molar-refractivity contribution in [3.63, 3.8) is 0 Å². The van der Waals surface area contributed by atoms with Gasteiger partial charge in [0.1, 0.15) is 12.1 Å². The van der Waals surface area contributed by atoms with E-state index in [1.54, 1.807) is 6.33 Å². The highest BCUT2D eigenvalue weighted by Crippen LogP contribution is 2.31. The molecular weight excluding hydrogens is 246 g/mol. The minimum absolute atomic E-state index is 0.533. The van der Waals surface area contributed by atoms with Crippen LogP contribution < -0.4 is 10.1 Å². The van der Waals surface area contributed by atoms with Crippen molar-refractivity contribution in [1.82, 2.24) is 9.97 Å². The van der Waals surface area contributed by atoms with Crippen LogP contribution in [-0.4, -0.2) is 34.1 Å². The summed E-state index contributed by atoms with van der Waals surface area (Å²) in [6.07, 6.45) is 7.49. The molecule has 4 nitrogen and oxygen atoms in total. The molecule has 1 fully saturated rings. The number of anilines is 1. The van der Waals surface area contributed by atoms with Crippen LogP contribution >= 0.6 is 11.8 Å². The molecule has 2 unspecified atom stereocenters. The molecule has 100 valence electrons. The second-order valence-corrected chi connectivity index (χ2v) is 5.74. The second kappa shape index (κ2) is 6.27. The lowest BCUT2D eigenvalue weighted by atomic mass is 10.2. The molecule has 0 spiro atoms. The first-order valence-electron chi connectivity index (χ1n) is 6.48. The lowest BCUT2D eigenvalue weighted by Crippen LogP contribution is -2.18. The molecular formula is C13H21N3OS. The van der Waals surface area contributed by atoms with Gasteiger partial charge in [0, 0.05) is 11.3 Å². The van der Waals surface area contributed by atoms with Crippen LogP contribution in [0.3, 0.4) is 0 Å². The molecule has 0 aliphatic heterocycles. The fourth-order valence-corrected chi connectivity index (χ4v) is 3.14. The molecule has 1 aromatic rings. The summed E-state index contributed by atoms with van der Waals surface area (Å²) < 4.78 is 5.49. The van der Waals surface area contributed by atoms with E-state index in [1.807, 2.05) is 25.6 Å². The van der Waals surface area contributed by atoms with Crippen molar-refractivity contribution in [2.75, 3.05) is 18.2 Å². The van der Waals surface area contributed by atoms with Gasteiger partial charge in [0.05, 0.1) is 12.2 Å². The molecule has 1 saturated carbocycles. The van der Waals surface area contributed by atoms with Gasteiger partial charge in [-0.15, -0.1) is 0 Å². The highest BCUT2D eigenvalue weighted by atomic mass is 32.2. The molecule has 18 heavy (non-hydrogen) atoms. The Labute approximate surface area is 113 Å². The van der Waals surface area contributed by atoms with Crippen LogP contribution in [0.5, 0.6) is 5.88 Å². The Bertz CT molecular complexity index is 400. The summed E-state index contributed by atoms with van der Waals surface area (Å²) in [5, 5.41) is 4.32. The highest BCUT2D eigenvalue weighted by Gasteiger charge is 2.24. The minimum Gasteiger partial charge on any atom is -0.478 e. The van der Waals surface area contributed by atoms with Gasteiger partial charge in [-0.1, -0.05) is 0 Å². The molecule has 2 atom stereocenters. The minimum atomic E-state index is 0.533. The normalized spacial score (nSPS) is 23.1. The summed E-state index contributed by atoms with van der Waals surface area (Å²) >= 11 is 1.96. The van der Waals surface area contributed by atoms with Gasteiger partial charge in [-0.25, -0.2) is 9.97 Å². The molecule has 2 rings (SSSR count). The third-order valence-corrected chi connectivity index (χ3v) is 4.47. The summed E-state index contributed by atoms with van der Waals surface area (Å²) in [7, 11) is 0. The van der Waals surface area contributed by atoms with Crippen molar-refractivity contribution < 1.29 is 4.74 Å². The zero-order valence-corrected chi connectivity index (χ0v) is 12.1. The van der Waals surface area contributed by atoms with Crippen molar-refractivity contribution in [2.45, 2.75) is 44.4 Å². The van der Waals surface area contributed by atoms with Crippen LogP contribution in [0.25, 0.3) is 0 Å². The van der Waals surface area contributed by atoms with Crippen molar-refractivity contribution >= 4 is 17.6 Å². The molecule has 1 aromatic heterocycles. The first kappa shape index (κ1) is 13.5. The largest absolute Gasteiger partial charge is 0.478 e. The number of hydrogen-bond donors (Lipinski definition) is 1. The summed E-state index contributed by atoms with van der Waals surface area (Å²) in [5.74, 6) is 1.61. The molecule has 0 aromatic carbocycles. The molecule has 5 heteroatoms. The topological polar surface area (TPSA) is 47.0 Å². The molecule has 0 radical (unpaired) electrons. The summed E-state index contributed by atoms with van der Waals surface area (Å²) in [5.41, 5.74) is 1.01. The molecule has 1 heterocycles. The maximum Gasteiger partial charge on any atom is 0.221 e. The molecule has 0 amide bonds. The average molecular weight is 267 g/mol. The van der Waals surface area contributed by atoms with Gasteiger partial charge < -0.3 is 10.1 Å². The monoisotopic (exact) mass is 267 g/mol. The lowest BCUT2D eigenvalue weighted by Gasteiger charge is -2.16. The molecule has 0 bridgehead atoms. The Kier molecular flexibility index (Phi) is 4.69. The van der Waals surface area contributed by atoms with E-state index < -0.39 is 0 Å². The van der Waals surface area contributed by atoms with Crippen molar-refractivity contribution in [1.29, 1.82) is 0 Å². The van der Waals surface area contributed by atoms with Crippen LogP contribution in [0, 0.1) is 6.92 Å². The predicted molar refractivity (Wildman–Crippen MR) is 76.5 cm³/mol. The van der Waals surface area contributed by atoms with E-state index in [0.29, 0.717) is 18.5 Å². The number of aromatic nitrogens is 2. The first-order valence-corrected chi connectivity index (χ1v) is 7.77. The summed E-state index contributed by atoms with van der Waals surface area (Å²) in [4.78, 5) is 8.48. The Balaban J connectivity index is 2.03. The number of nitrogens with zero attached hydrogens (tertiary/aromatic N) is 2. The molecule has 1 aliphatic rings. The summed E-state index contributed by atoms with van der Waals surface area (Å²) in [6.45, 7) is 4.61. The third kappa shape index (κ3) is 3.07. The maximum absolute atomic E-state index is 5.49. The zero-order chi connectivity index (χ0) is 13.0. The fourth-order valence-electron chi connectivity index (χ4n) is 2.34. The smallest absolute Gasteiger partial charge is 0.221 e. The molecule has 0 saturated heterocycles. The van der Waals surface area contributed by atoms with Gasteiger partial charge in [-0.05, 0) is 39.4 Å². The van der Waals surface area contributed by atoms with Crippen LogP contribution in [0.4, 0.5) is 5.82 Å². The van der Waals surface area contributed by atoms with Crippen LogP contribution in [0.2, 0.25) is 0 Å². The fraction of sp³-hybridized carbons (Fsp3) is 0.692. The van der Waals surface area contributed by atoms with Crippen molar-refractivity contribution in [3.05, 3.63) is 11.9 Å².